The molecule has 0 aromatic carbocycles. The maximum atomic E-state index is 4.24. The van der Waals surface area contributed by atoms with Crippen LogP contribution in [0.25, 0.3) is 0 Å². The molecule has 0 spiro atoms. The smallest absolute Gasteiger partial charge is 0.0385 e. The maximum Gasteiger partial charge on any atom is 0.0385 e. The summed E-state index contributed by atoms with van der Waals surface area (Å²) < 4.78 is 0. The summed E-state index contributed by atoms with van der Waals surface area (Å²) in [5.74, 6) is 0. The molecule has 0 radical (unpaired) electrons. The van der Waals surface area contributed by atoms with Crippen LogP contribution in [0.2, 0.25) is 0 Å². The Morgan fingerprint density at radius 1 is 1.08 bits per heavy atom. The monoisotopic (exact) mass is 182 g/mol. The summed E-state index contributed by atoms with van der Waals surface area (Å²) >= 11 is 0. The molecule has 1 aliphatic rings. The summed E-state index contributed by atoms with van der Waals surface area (Å²) in [6.07, 6.45) is 10.6. The van der Waals surface area contributed by atoms with Crippen LogP contribution in [0.15, 0.2) is 5.10 Å². The molecule has 2 heteroatoms. The largest absolute Gasteiger partial charge is 0.310 e. The van der Waals surface area contributed by atoms with Crippen LogP contribution in [-0.2, 0) is 0 Å². The van der Waals surface area contributed by atoms with Crippen molar-refractivity contribution in [3.63, 3.8) is 0 Å². The van der Waals surface area contributed by atoms with Gasteiger partial charge in [-0.1, -0.05) is 39.0 Å². The standard InChI is InChI=1S/C11H22N2/c1-2-3-4-5-6-7-10-12-13-11-8-9-11/h12H,2-10H2,1H3. The fraction of sp³-hybridized carbons (Fsp3) is 0.909. The predicted octanol–water partition coefficient (Wildman–Crippen LogP) is 3.09. The Balaban J connectivity index is 1.71. The molecule has 1 rings (SSSR count). The van der Waals surface area contributed by atoms with Crippen molar-refractivity contribution in [1.29, 1.82) is 0 Å². The number of nitrogens with one attached hydrogen (secondary N) is 1. The van der Waals surface area contributed by atoms with E-state index in [-0.39, 0.29) is 0 Å². The number of unbranched alkanes of at least 4 members (excludes halogenated alkanes) is 5. The zero-order chi connectivity index (χ0) is 9.36. The minimum atomic E-state index is 1.07. The number of hydrogen-bond donors (Lipinski definition) is 1. The zero-order valence-electron chi connectivity index (χ0n) is 8.81. The van der Waals surface area contributed by atoms with Crippen LogP contribution in [0.1, 0.15) is 58.3 Å². The summed E-state index contributed by atoms with van der Waals surface area (Å²) in [5, 5.41) is 4.24. The van der Waals surface area contributed by atoms with Crippen molar-refractivity contribution in [2.75, 3.05) is 6.54 Å². The summed E-state index contributed by atoms with van der Waals surface area (Å²) in [6.45, 7) is 3.32. The number of nitrogens with zero attached hydrogens (tertiary/aromatic N) is 1. The second-order valence-corrected chi connectivity index (χ2v) is 3.85. The Morgan fingerprint density at radius 2 is 1.77 bits per heavy atom. The first-order valence-electron chi connectivity index (χ1n) is 5.71. The molecule has 0 saturated heterocycles. The topological polar surface area (TPSA) is 24.4 Å². The lowest BCUT2D eigenvalue weighted by Crippen LogP contribution is -2.07. The van der Waals surface area contributed by atoms with Gasteiger partial charge in [-0.2, -0.15) is 5.10 Å². The molecule has 0 aromatic heterocycles. The van der Waals surface area contributed by atoms with Gasteiger partial charge < -0.3 is 5.43 Å². The van der Waals surface area contributed by atoms with E-state index in [0.29, 0.717) is 0 Å². The summed E-state index contributed by atoms with van der Waals surface area (Å²) in [7, 11) is 0. The summed E-state index contributed by atoms with van der Waals surface area (Å²) in [6, 6.07) is 0. The van der Waals surface area contributed by atoms with Gasteiger partial charge in [0.1, 0.15) is 0 Å². The van der Waals surface area contributed by atoms with Crippen molar-refractivity contribution >= 4 is 5.71 Å². The predicted molar refractivity (Wildman–Crippen MR) is 58.0 cm³/mol. The molecule has 13 heavy (non-hydrogen) atoms. The van der Waals surface area contributed by atoms with E-state index < -0.39 is 0 Å². The van der Waals surface area contributed by atoms with Crippen LogP contribution < -0.4 is 5.43 Å². The third-order valence-electron chi connectivity index (χ3n) is 2.35. The molecule has 1 fully saturated rings. The highest BCUT2D eigenvalue weighted by molar-refractivity contribution is 5.97. The van der Waals surface area contributed by atoms with Crippen LogP contribution in [0.5, 0.6) is 0 Å². The lowest BCUT2D eigenvalue weighted by molar-refractivity contribution is 0.582. The molecule has 0 amide bonds. The highest BCUT2D eigenvalue weighted by atomic mass is 15.3. The summed E-state index contributed by atoms with van der Waals surface area (Å²) in [4.78, 5) is 0. The molecule has 1 aliphatic carbocycles. The van der Waals surface area contributed by atoms with Crippen molar-refractivity contribution in [3.05, 3.63) is 0 Å². The van der Waals surface area contributed by atoms with Gasteiger partial charge in [-0.25, -0.2) is 0 Å². The van der Waals surface area contributed by atoms with Gasteiger partial charge in [0.05, 0.1) is 0 Å². The Hall–Kier alpha value is -0.530. The van der Waals surface area contributed by atoms with E-state index in [1.807, 2.05) is 0 Å². The number of hydrogen-bond acceptors (Lipinski definition) is 2. The van der Waals surface area contributed by atoms with E-state index in [9.17, 15) is 0 Å². The van der Waals surface area contributed by atoms with E-state index in [4.69, 9.17) is 0 Å². The fourth-order valence-corrected chi connectivity index (χ4v) is 1.32. The molecule has 0 atom stereocenters. The molecule has 0 aromatic rings. The van der Waals surface area contributed by atoms with Gasteiger partial charge >= 0.3 is 0 Å². The van der Waals surface area contributed by atoms with E-state index in [1.54, 1.807) is 0 Å². The van der Waals surface area contributed by atoms with E-state index in [1.165, 1.54) is 57.1 Å². The highest BCUT2D eigenvalue weighted by Gasteiger charge is 2.12. The normalized spacial score (nSPS) is 14.4. The van der Waals surface area contributed by atoms with E-state index >= 15 is 0 Å². The Kier molecular flexibility index (Phi) is 5.62. The highest BCUT2D eigenvalue weighted by Crippen LogP contribution is 2.12. The number of rotatable bonds is 8. The minimum absolute atomic E-state index is 1.07. The Bertz CT molecular complexity index is 146. The molecular formula is C11H22N2. The lowest BCUT2D eigenvalue weighted by Gasteiger charge is -2.00. The maximum absolute atomic E-state index is 4.24. The third-order valence-corrected chi connectivity index (χ3v) is 2.35. The SMILES string of the molecule is CCCCCCCCNN=C1CC1. The van der Waals surface area contributed by atoms with E-state index in [0.717, 1.165) is 6.54 Å². The van der Waals surface area contributed by atoms with E-state index in [2.05, 4.69) is 17.5 Å². The average Bonchev–Trinajstić information content (AvgIpc) is 2.93. The molecule has 76 valence electrons. The third kappa shape index (κ3) is 6.62. The first kappa shape index (κ1) is 10.6. The Morgan fingerprint density at radius 3 is 2.46 bits per heavy atom. The molecule has 1 saturated carbocycles. The Labute approximate surface area is 81.8 Å². The van der Waals surface area contributed by atoms with Gasteiger partial charge in [0.15, 0.2) is 0 Å². The second kappa shape index (κ2) is 6.93. The lowest BCUT2D eigenvalue weighted by atomic mass is 10.1. The zero-order valence-corrected chi connectivity index (χ0v) is 8.81. The first-order chi connectivity index (χ1) is 6.43. The summed E-state index contributed by atoms with van der Waals surface area (Å²) in [5.41, 5.74) is 4.48. The van der Waals surface area contributed by atoms with Crippen molar-refractivity contribution in [2.45, 2.75) is 58.3 Å². The average molecular weight is 182 g/mol. The minimum Gasteiger partial charge on any atom is -0.310 e. The molecule has 0 unspecified atom stereocenters. The molecule has 1 N–H and O–H groups in total. The first-order valence-corrected chi connectivity index (χ1v) is 5.71. The fourth-order valence-electron chi connectivity index (χ4n) is 1.32. The molecule has 2 nitrogen and oxygen atoms in total. The van der Waals surface area contributed by atoms with Crippen LogP contribution >= 0.6 is 0 Å². The number of hydrazone groups is 1. The van der Waals surface area contributed by atoms with Crippen LogP contribution in [0.4, 0.5) is 0 Å². The van der Waals surface area contributed by atoms with Gasteiger partial charge in [0, 0.05) is 12.3 Å². The van der Waals surface area contributed by atoms with Gasteiger partial charge in [-0.3, -0.25) is 0 Å². The van der Waals surface area contributed by atoms with Gasteiger partial charge in [0.25, 0.3) is 0 Å². The van der Waals surface area contributed by atoms with Gasteiger partial charge in [0.2, 0.25) is 0 Å². The molecular weight excluding hydrogens is 160 g/mol. The van der Waals surface area contributed by atoms with Gasteiger partial charge in [-0.15, -0.1) is 0 Å². The van der Waals surface area contributed by atoms with Crippen LogP contribution in [0, 0.1) is 0 Å². The van der Waals surface area contributed by atoms with Crippen molar-refractivity contribution in [2.24, 2.45) is 5.10 Å². The molecule has 0 bridgehead atoms. The van der Waals surface area contributed by atoms with Crippen LogP contribution in [0.3, 0.4) is 0 Å². The van der Waals surface area contributed by atoms with Crippen LogP contribution in [-0.4, -0.2) is 12.3 Å². The molecule has 0 aliphatic heterocycles. The van der Waals surface area contributed by atoms with Crippen molar-refractivity contribution in [1.82, 2.24) is 5.43 Å². The molecule has 0 heterocycles. The van der Waals surface area contributed by atoms with Crippen molar-refractivity contribution in [3.8, 4) is 0 Å². The van der Waals surface area contributed by atoms with Gasteiger partial charge in [-0.05, 0) is 19.3 Å². The quantitative estimate of drug-likeness (QED) is 0.453. The van der Waals surface area contributed by atoms with Crippen molar-refractivity contribution < 1.29 is 0 Å². The second-order valence-electron chi connectivity index (χ2n) is 3.85.